The second-order valence-electron chi connectivity index (χ2n) is 4.95. The Kier molecular flexibility index (Phi) is 4.02. The predicted molar refractivity (Wildman–Crippen MR) is 69.8 cm³/mol. The predicted octanol–water partition coefficient (Wildman–Crippen LogP) is 0.0462. The molecule has 0 bridgehead atoms. The first kappa shape index (κ1) is 14.2. The lowest BCUT2D eigenvalue weighted by Crippen LogP contribution is -2.43. The molecule has 0 radical (unpaired) electrons. The molecule has 2 atom stereocenters. The quantitative estimate of drug-likeness (QED) is 0.729. The SMILES string of the molecule is Cc1nnsc1C(C)NC(=O)N1CCC(O)(CO)C1. The molecule has 0 spiro atoms. The number of β-amino-alcohol motifs (C(OH)–C–C–N with tert-alkyl or cyclic N) is 1. The largest absolute Gasteiger partial charge is 0.393 e. The standard InChI is InChI=1S/C11H18N4O3S/c1-7(9-8(2)13-14-19-9)12-10(17)15-4-3-11(18,5-15)6-16/h7,16,18H,3-6H2,1-2H3,(H,12,17). The van der Waals surface area contributed by atoms with Gasteiger partial charge in [-0.25, -0.2) is 4.79 Å². The van der Waals surface area contributed by atoms with E-state index in [0.717, 1.165) is 10.6 Å². The van der Waals surface area contributed by atoms with Crippen LogP contribution in [0.2, 0.25) is 0 Å². The van der Waals surface area contributed by atoms with Gasteiger partial charge in [0, 0.05) is 6.54 Å². The van der Waals surface area contributed by atoms with E-state index in [0.29, 0.717) is 13.0 Å². The summed E-state index contributed by atoms with van der Waals surface area (Å²) in [6.07, 6.45) is 0.395. The van der Waals surface area contributed by atoms with E-state index in [-0.39, 0.29) is 25.2 Å². The van der Waals surface area contributed by atoms with Crippen molar-refractivity contribution in [2.24, 2.45) is 0 Å². The molecule has 0 aliphatic carbocycles. The fourth-order valence-electron chi connectivity index (χ4n) is 2.13. The van der Waals surface area contributed by atoms with Crippen LogP contribution in [0.3, 0.4) is 0 Å². The van der Waals surface area contributed by atoms with Gasteiger partial charge in [0.25, 0.3) is 0 Å². The molecule has 1 aliphatic heterocycles. The van der Waals surface area contributed by atoms with Crippen LogP contribution in [0.1, 0.15) is 30.0 Å². The van der Waals surface area contributed by atoms with Crippen molar-refractivity contribution >= 4 is 17.6 Å². The molecule has 19 heavy (non-hydrogen) atoms. The summed E-state index contributed by atoms with van der Waals surface area (Å²) in [5.41, 5.74) is -0.353. The molecule has 8 heteroatoms. The monoisotopic (exact) mass is 286 g/mol. The molecular weight excluding hydrogens is 268 g/mol. The Balaban J connectivity index is 1.94. The number of carbonyl (C=O) groups is 1. The van der Waals surface area contributed by atoms with E-state index in [1.807, 2.05) is 13.8 Å². The minimum Gasteiger partial charge on any atom is -0.393 e. The molecule has 1 fully saturated rings. The van der Waals surface area contributed by atoms with E-state index in [1.165, 1.54) is 16.4 Å². The maximum absolute atomic E-state index is 12.1. The van der Waals surface area contributed by atoms with Crippen molar-refractivity contribution in [3.63, 3.8) is 0 Å². The van der Waals surface area contributed by atoms with Crippen LogP contribution in [0, 0.1) is 6.92 Å². The highest BCUT2D eigenvalue weighted by Crippen LogP contribution is 2.23. The van der Waals surface area contributed by atoms with Crippen LogP contribution in [-0.4, -0.2) is 56.0 Å². The number of aromatic nitrogens is 2. The summed E-state index contributed by atoms with van der Waals surface area (Å²) in [6.45, 7) is 3.98. The number of likely N-dealkylation sites (tertiary alicyclic amines) is 1. The Morgan fingerprint density at radius 1 is 1.68 bits per heavy atom. The van der Waals surface area contributed by atoms with Gasteiger partial charge in [0.2, 0.25) is 0 Å². The summed E-state index contributed by atoms with van der Waals surface area (Å²) >= 11 is 1.26. The summed E-state index contributed by atoms with van der Waals surface area (Å²) in [5.74, 6) is 0. The number of nitrogens with zero attached hydrogens (tertiary/aromatic N) is 3. The number of urea groups is 1. The van der Waals surface area contributed by atoms with Crippen molar-refractivity contribution in [3.05, 3.63) is 10.6 Å². The Hall–Kier alpha value is -1.25. The lowest BCUT2D eigenvalue weighted by Gasteiger charge is -2.22. The Morgan fingerprint density at radius 2 is 2.42 bits per heavy atom. The topological polar surface area (TPSA) is 98.6 Å². The van der Waals surface area contributed by atoms with Gasteiger partial charge in [-0.3, -0.25) is 0 Å². The van der Waals surface area contributed by atoms with Gasteiger partial charge in [0.1, 0.15) is 5.60 Å². The third-order valence-corrected chi connectivity index (χ3v) is 4.34. The lowest BCUT2D eigenvalue weighted by molar-refractivity contribution is -0.00285. The molecular formula is C11H18N4O3S. The lowest BCUT2D eigenvalue weighted by atomic mass is 10.1. The molecule has 106 valence electrons. The van der Waals surface area contributed by atoms with Crippen LogP contribution in [0.15, 0.2) is 0 Å². The van der Waals surface area contributed by atoms with E-state index < -0.39 is 5.60 Å². The third-order valence-electron chi connectivity index (χ3n) is 3.33. The normalized spacial score (nSPS) is 24.5. The molecule has 0 saturated carbocycles. The summed E-state index contributed by atoms with van der Waals surface area (Å²) in [6, 6.07) is -0.417. The van der Waals surface area contributed by atoms with Crippen LogP contribution >= 0.6 is 11.5 Å². The van der Waals surface area contributed by atoms with E-state index >= 15 is 0 Å². The minimum atomic E-state index is -1.16. The number of nitrogens with one attached hydrogen (secondary N) is 1. The first-order valence-electron chi connectivity index (χ1n) is 6.13. The zero-order valence-electron chi connectivity index (χ0n) is 11.0. The van der Waals surface area contributed by atoms with Crippen molar-refractivity contribution in [2.75, 3.05) is 19.7 Å². The number of aliphatic hydroxyl groups is 2. The number of hydrogen-bond donors (Lipinski definition) is 3. The van der Waals surface area contributed by atoms with Crippen molar-refractivity contribution in [1.29, 1.82) is 0 Å². The van der Waals surface area contributed by atoms with E-state index in [9.17, 15) is 9.90 Å². The number of carbonyl (C=O) groups excluding carboxylic acids is 1. The van der Waals surface area contributed by atoms with Crippen molar-refractivity contribution in [3.8, 4) is 0 Å². The van der Waals surface area contributed by atoms with Crippen LogP contribution < -0.4 is 5.32 Å². The van der Waals surface area contributed by atoms with Gasteiger partial charge >= 0.3 is 6.03 Å². The molecule has 2 amide bonds. The smallest absolute Gasteiger partial charge is 0.318 e. The first-order chi connectivity index (χ1) is 8.95. The van der Waals surface area contributed by atoms with Gasteiger partial charge in [-0.2, -0.15) is 0 Å². The van der Waals surface area contributed by atoms with Crippen LogP contribution in [0.5, 0.6) is 0 Å². The van der Waals surface area contributed by atoms with Gasteiger partial charge in [0.15, 0.2) is 0 Å². The highest BCUT2D eigenvalue weighted by molar-refractivity contribution is 7.05. The van der Waals surface area contributed by atoms with Gasteiger partial charge in [-0.05, 0) is 31.8 Å². The fourth-order valence-corrected chi connectivity index (χ4v) is 2.78. The average Bonchev–Trinajstić information content (AvgIpc) is 2.96. The van der Waals surface area contributed by atoms with E-state index in [1.54, 1.807) is 0 Å². The molecule has 2 unspecified atom stereocenters. The van der Waals surface area contributed by atoms with Gasteiger partial charge in [-0.1, -0.05) is 4.49 Å². The number of aliphatic hydroxyl groups excluding tert-OH is 1. The Morgan fingerprint density at radius 3 is 2.95 bits per heavy atom. The number of aryl methyl sites for hydroxylation is 1. The highest BCUT2D eigenvalue weighted by Gasteiger charge is 2.38. The Labute approximate surface area is 115 Å². The van der Waals surface area contributed by atoms with Crippen LogP contribution in [-0.2, 0) is 0 Å². The molecule has 0 aromatic carbocycles. The molecule has 3 N–H and O–H groups in total. The van der Waals surface area contributed by atoms with E-state index in [2.05, 4.69) is 14.9 Å². The second-order valence-corrected chi connectivity index (χ2v) is 5.73. The molecule has 1 aromatic heterocycles. The molecule has 1 aliphatic rings. The zero-order valence-corrected chi connectivity index (χ0v) is 11.8. The molecule has 2 rings (SSSR count). The summed E-state index contributed by atoms with van der Waals surface area (Å²) < 4.78 is 3.84. The fraction of sp³-hybridized carbons (Fsp3) is 0.727. The van der Waals surface area contributed by atoms with Crippen molar-refractivity contribution in [2.45, 2.75) is 31.9 Å². The number of amides is 2. The second kappa shape index (κ2) is 5.40. The third kappa shape index (κ3) is 3.02. The maximum Gasteiger partial charge on any atom is 0.318 e. The number of hydrogen-bond acceptors (Lipinski definition) is 6. The summed E-state index contributed by atoms with van der Waals surface area (Å²) in [4.78, 5) is 14.5. The number of rotatable bonds is 3. The Bertz CT molecular complexity index is 467. The van der Waals surface area contributed by atoms with E-state index in [4.69, 9.17) is 5.11 Å². The minimum absolute atomic E-state index is 0.155. The van der Waals surface area contributed by atoms with Crippen molar-refractivity contribution in [1.82, 2.24) is 19.8 Å². The summed E-state index contributed by atoms with van der Waals surface area (Å²) in [7, 11) is 0. The van der Waals surface area contributed by atoms with Gasteiger partial charge in [0.05, 0.1) is 29.8 Å². The average molecular weight is 286 g/mol. The highest BCUT2D eigenvalue weighted by atomic mass is 32.1. The van der Waals surface area contributed by atoms with Crippen LogP contribution in [0.4, 0.5) is 4.79 Å². The van der Waals surface area contributed by atoms with Crippen molar-refractivity contribution < 1.29 is 15.0 Å². The maximum atomic E-state index is 12.1. The van der Waals surface area contributed by atoms with Gasteiger partial charge < -0.3 is 20.4 Å². The molecule has 1 aromatic rings. The molecule has 1 saturated heterocycles. The zero-order chi connectivity index (χ0) is 14.0. The molecule has 7 nitrogen and oxygen atoms in total. The van der Waals surface area contributed by atoms with Gasteiger partial charge in [-0.15, -0.1) is 5.10 Å². The first-order valence-corrected chi connectivity index (χ1v) is 6.90. The molecule has 2 heterocycles. The summed E-state index contributed by atoms with van der Waals surface area (Å²) in [5, 5.41) is 25.7. The van der Waals surface area contributed by atoms with Crippen LogP contribution in [0.25, 0.3) is 0 Å².